The van der Waals surface area contributed by atoms with Crippen LogP contribution >= 0.6 is 0 Å². The summed E-state index contributed by atoms with van der Waals surface area (Å²) in [5.74, 6) is 1.87. The zero-order valence-corrected chi connectivity index (χ0v) is 18.8. The summed E-state index contributed by atoms with van der Waals surface area (Å²) in [6.45, 7) is 2.32. The molecule has 0 unspecified atom stereocenters. The number of hydrogen-bond acceptors (Lipinski definition) is 0. The number of benzene rings is 1. The fourth-order valence-corrected chi connectivity index (χ4v) is 6.72. The summed E-state index contributed by atoms with van der Waals surface area (Å²) in [6.07, 6.45) is 26.3. The summed E-state index contributed by atoms with van der Waals surface area (Å²) in [4.78, 5) is 0. The van der Waals surface area contributed by atoms with Crippen LogP contribution in [0.25, 0.3) is 0 Å². The average Bonchev–Trinajstić information content (AvgIpc) is 2.78. The van der Waals surface area contributed by atoms with Crippen LogP contribution in [-0.2, 0) is 5.41 Å². The third-order valence-corrected chi connectivity index (χ3v) is 8.17. The Hall–Kier alpha value is -0.780. The third kappa shape index (κ3) is 5.64. The van der Waals surface area contributed by atoms with E-state index in [1.165, 1.54) is 116 Å². The molecule has 0 radical (unpaired) electrons. The van der Waals surface area contributed by atoms with Gasteiger partial charge in [-0.15, -0.1) is 0 Å². The summed E-state index contributed by atoms with van der Waals surface area (Å²) in [7, 11) is 0. The Bertz CT molecular complexity index is 486. The van der Waals surface area contributed by atoms with Gasteiger partial charge in [0.1, 0.15) is 0 Å². The zero-order chi connectivity index (χ0) is 19.5. The Kier molecular flexibility index (Phi) is 9.42. The van der Waals surface area contributed by atoms with E-state index in [0.29, 0.717) is 5.41 Å². The first-order chi connectivity index (χ1) is 13.9. The molecule has 0 aliphatic heterocycles. The van der Waals surface area contributed by atoms with Gasteiger partial charge in [0, 0.05) is 5.41 Å². The SMILES string of the molecule is CCCCCCCCCC(c1ccccc1)(C1CCCCC1)C1CCCCC1. The van der Waals surface area contributed by atoms with Gasteiger partial charge in [-0.3, -0.25) is 0 Å². The van der Waals surface area contributed by atoms with Crippen molar-refractivity contribution in [2.75, 3.05) is 0 Å². The van der Waals surface area contributed by atoms with Gasteiger partial charge in [-0.2, -0.15) is 0 Å². The van der Waals surface area contributed by atoms with E-state index in [0.717, 1.165) is 11.8 Å². The first-order valence-corrected chi connectivity index (χ1v) is 12.9. The van der Waals surface area contributed by atoms with E-state index in [4.69, 9.17) is 0 Å². The van der Waals surface area contributed by atoms with Gasteiger partial charge in [0.2, 0.25) is 0 Å². The smallest absolute Gasteiger partial charge is 0.000945 e. The maximum absolute atomic E-state index is 2.50. The quantitative estimate of drug-likeness (QED) is 0.334. The fraction of sp³-hybridized carbons (Fsp3) is 0.786. The molecule has 2 fully saturated rings. The first kappa shape index (κ1) is 21.9. The summed E-state index contributed by atoms with van der Waals surface area (Å²) in [5, 5.41) is 0. The molecule has 0 amide bonds. The van der Waals surface area contributed by atoms with Crippen LogP contribution in [0.3, 0.4) is 0 Å². The summed E-state index contributed by atoms with van der Waals surface area (Å²) >= 11 is 0. The number of hydrogen-bond donors (Lipinski definition) is 0. The van der Waals surface area contributed by atoms with Gasteiger partial charge in [-0.25, -0.2) is 0 Å². The molecule has 2 aliphatic rings. The third-order valence-electron chi connectivity index (χ3n) is 8.17. The van der Waals surface area contributed by atoms with E-state index in [1.807, 2.05) is 0 Å². The molecule has 0 spiro atoms. The van der Waals surface area contributed by atoms with Crippen molar-refractivity contribution in [3.8, 4) is 0 Å². The summed E-state index contributed by atoms with van der Waals surface area (Å²) in [5.41, 5.74) is 2.19. The zero-order valence-electron chi connectivity index (χ0n) is 18.8. The highest BCUT2D eigenvalue weighted by Gasteiger charge is 2.46. The predicted octanol–water partition coefficient (Wildman–Crippen LogP) is 9.23. The van der Waals surface area contributed by atoms with Crippen LogP contribution in [0.15, 0.2) is 30.3 Å². The van der Waals surface area contributed by atoms with Crippen LogP contribution in [0.5, 0.6) is 0 Å². The molecule has 28 heavy (non-hydrogen) atoms. The normalized spacial score (nSPS) is 19.8. The monoisotopic (exact) mass is 382 g/mol. The fourth-order valence-electron chi connectivity index (χ4n) is 6.72. The van der Waals surface area contributed by atoms with E-state index in [2.05, 4.69) is 37.3 Å². The Balaban J connectivity index is 1.76. The highest BCUT2D eigenvalue weighted by atomic mass is 14.5. The van der Waals surface area contributed by atoms with Gasteiger partial charge in [0.25, 0.3) is 0 Å². The second-order valence-corrected chi connectivity index (χ2v) is 9.95. The molecule has 2 saturated carbocycles. The summed E-state index contributed by atoms with van der Waals surface area (Å²) < 4.78 is 0. The minimum Gasteiger partial charge on any atom is -0.0654 e. The second-order valence-electron chi connectivity index (χ2n) is 9.95. The van der Waals surface area contributed by atoms with Gasteiger partial charge >= 0.3 is 0 Å². The second kappa shape index (κ2) is 12.0. The van der Waals surface area contributed by atoms with Gasteiger partial charge in [-0.05, 0) is 49.5 Å². The van der Waals surface area contributed by atoms with Crippen molar-refractivity contribution in [3.63, 3.8) is 0 Å². The van der Waals surface area contributed by atoms with Crippen molar-refractivity contribution in [1.82, 2.24) is 0 Å². The Morgan fingerprint density at radius 1 is 0.643 bits per heavy atom. The predicted molar refractivity (Wildman–Crippen MR) is 124 cm³/mol. The van der Waals surface area contributed by atoms with Gasteiger partial charge < -0.3 is 0 Å². The van der Waals surface area contributed by atoms with Crippen LogP contribution in [-0.4, -0.2) is 0 Å². The van der Waals surface area contributed by atoms with Crippen LogP contribution in [0.1, 0.15) is 128 Å². The van der Waals surface area contributed by atoms with E-state index in [9.17, 15) is 0 Å². The molecule has 0 heterocycles. The minimum absolute atomic E-state index is 0.478. The minimum atomic E-state index is 0.478. The molecule has 0 N–H and O–H groups in total. The number of unbranched alkanes of at least 4 members (excludes halogenated alkanes) is 6. The lowest BCUT2D eigenvalue weighted by Gasteiger charge is -2.50. The lowest BCUT2D eigenvalue weighted by molar-refractivity contribution is 0.0866. The van der Waals surface area contributed by atoms with Crippen molar-refractivity contribution in [2.24, 2.45) is 11.8 Å². The van der Waals surface area contributed by atoms with Crippen molar-refractivity contribution in [3.05, 3.63) is 35.9 Å². The summed E-state index contributed by atoms with van der Waals surface area (Å²) in [6, 6.07) is 11.9. The van der Waals surface area contributed by atoms with Crippen molar-refractivity contribution in [2.45, 2.75) is 128 Å². The van der Waals surface area contributed by atoms with Crippen LogP contribution < -0.4 is 0 Å². The molecule has 0 aromatic heterocycles. The molecule has 0 bridgehead atoms. The molecule has 158 valence electrons. The standard InChI is InChI=1S/C28H46/c1-2-3-4-5-6-7-17-24-28(25-18-11-8-12-19-25,26-20-13-9-14-21-26)27-22-15-10-16-23-27/h8,11-12,18-19,26-27H,2-7,9-10,13-17,20-24H2,1H3. The highest BCUT2D eigenvalue weighted by Crippen LogP contribution is 2.53. The molecule has 0 saturated heterocycles. The largest absolute Gasteiger partial charge is 0.0654 e. The molecule has 2 aliphatic carbocycles. The molecule has 0 atom stereocenters. The van der Waals surface area contributed by atoms with Gasteiger partial charge in [-0.1, -0.05) is 121 Å². The number of rotatable bonds is 11. The molecule has 0 heteroatoms. The molecular formula is C28H46. The van der Waals surface area contributed by atoms with E-state index in [1.54, 1.807) is 5.56 Å². The Morgan fingerprint density at radius 3 is 1.68 bits per heavy atom. The average molecular weight is 383 g/mol. The maximum atomic E-state index is 2.50. The van der Waals surface area contributed by atoms with E-state index < -0.39 is 0 Å². The van der Waals surface area contributed by atoms with E-state index >= 15 is 0 Å². The van der Waals surface area contributed by atoms with Gasteiger partial charge in [0.15, 0.2) is 0 Å². The maximum Gasteiger partial charge on any atom is 0.000945 e. The van der Waals surface area contributed by atoms with E-state index in [-0.39, 0.29) is 0 Å². The van der Waals surface area contributed by atoms with Gasteiger partial charge in [0.05, 0.1) is 0 Å². The topological polar surface area (TPSA) is 0 Å². The molecule has 0 nitrogen and oxygen atoms in total. The molecular weight excluding hydrogens is 336 g/mol. The molecule has 1 aromatic carbocycles. The van der Waals surface area contributed by atoms with Crippen molar-refractivity contribution < 1.29 is 0 Å². The lowest BCUT2D eigenvalue weighted by Crippen LogP contribution is -2.44. The Labute approximate surface area is 175 Å². The molecule has 3 rings (SSSR count). The van der Waals surface area contributed by atoms with Crippen LogP contribution in [0.2, 0.25) is 0 Å². The highest BCUT2D eigenvalue weighted by molar-refractivity contribution is 5.28. The van der Waals surface area contributed by atoms with Crippen molar-refractivity contribution >= 4 is 0 Å². The van der Waals surface area contributed by atoms with Crippen LogP contribution in [0.4, 0.5) is 0 Å². The molecule has 1 aromatic rings. The Morgan fingerprint density at radius 2 is 1.14 bits per heavy atom. The van der Waals surface area contributed by atoms with Crippen molar-refractivity contribution in [1.29, 1.82) is 0 Å². The first-order valence-electron chi connectivity index (χ1n) is 12.9. The lowest BCUT2D eigenvalue weighted by atomic mass is 9.54. The van der Waals surface area contributed by atoms with Crippen LogP contribution in [0, 0.1) is 11.8 Å².